The van der Waals surface area contributed by atoms with Crippen molar-refractivity contribution in [1.82, 2.24) is 4.90 Å². The minimum absolute atomic E-state index is 0.475. The topological polar surface area (TPSA) is 3.24 Å². The van der Waals surface area contributed by atoms with E-state index in [9.17, 15) is 0 Å². The Labute approximate surface area is 99.6 Å². The van der Waals surface area contributed by atoms with Crippen LogP contribution in [0.4, 0.5) is 0 Å². The Balaban J connectivity index is 2.16. The number of fused-ring (bicyclic) bond motifs is 2. The molecule has 0 radical (unpaired) electrons. The number of benzene rings is 1. The molecule has 1 heterocycles. The van der Waals surface area contributed by atoms with Crippen molar-refractivity contribution in [3.05, 3.63) is 33.8 Å². The molecule has 1 nitrogen and oxygen atoms in total. The van der Waals surface area contributed by atoms with Gasteiger partial charge < -0.3 is 4.90 Å². The van der Waals surface area contributed by atoms with Crippen LogP contribution in [-0.4, -0.2) is 18.5 Å². The number of rotatable bonds is 0. The molecule has 0 N–H and O–H groups in total. The highest BCUT2D eigenvalue weighted by molar-refractivity contribution is 9.10. The van der Waals surface area contributed by atoms with Gasteiger partial charge in [0.25, 0.3) is 0 Å². The Bertz CT molecular complexity index is 396. The van der Waals surface area contributed by atoms with Crippen LogP contribution in [0, 0.1) is 0 Å². The summed E-state index contributed by atoms with van der Waals surface area (Å²) in [7, 11) is 2.24. The molecular formula is C13H16BrN. The quantitative estimate of drug-likeness (QED) is 0.696. The van der Waals surface area contributed by atoms with Crippen LogP contribution >= 0.6 is 15.9 Å². The summed E-state index contributed by atoms with van der Waals surface area (Å²) in [5.41, 5.74) is 3.61. The van der Waals surface area contributed by atoms with Crippen molar-refractivity contribution >= 4 is 15.9 Å². The predicted octanol–water partition coefficient (Wildman–Crippen LogP) is 3.32. The van der Waals surface area contributed by atoms with E-state index in [0.717, 1.165) is 6.54 Å². The van der Waals surface area contributed by atoms with Crippen LogP contribution in [0.25, 0.3) is 0 Å². The van der Waals surface area contributed by atoms with Gasteiger partial charge in [-0.3, -0.25) is 0 Å². The predicted molar refractivity (Wildman–Crippen MR) is 66.0 cm³/mol. The first kappa shape index (κ1) is 9.86. The van der Waals surface area contributed by atoms with Crippen LogP contribution in [0.15, 0.2) is 22.7 Å². The van der Waals surface area contributed by atoms with Gasteiger partial charge in [-0.05, 0) is 37.1 Å². The van der Waals surface area contributed by atoms with Crippen molar-refractivity contribution in [1.29, 1.82) is 0 Å². The maximum absolute atomic E-state index is 3.73. The molecule has 0 atom stereocenters. The molecule has 0 unspecified atom stereocenters. The molecular weight excluding hydrogens is 250 g/mol. The third kappa shape index (κ3) is 1.38. The van der Waals surface area contributed by atoms with Gasteiger partial charge >= 0.3 is 0 Å². The van der Waals surface area contributed by atoms with Gasteiger partial charge in [0.15, 0.2) is 0 Å². The lowest BCUT2D eigenvalue weighted by Crippen LogP contribution is -2.48. The molecule has 2 aliphatic rings. The number of likely N-dealkylation sites (N-methyl/N-ethyl adjacent to an activating group) is 1. The van der Waals surface area contributed by atoms with E-state index in [1.54, 1.807) is 5.56 Å². The maximum Gasteiger partial charge on any atom is 0.0234 e. The van der Waals surface area contributed by atoms with Gasteiger partial charge in [0.05, 0.1) is 0 Å². The summed E-state index contributed by atoms with van der Waals surface area (Å²) in [5.74, 6) is 0. The fraction of sp³-hybridized carbons (Fsp3) is 0.538. The average molecular weight is 266 g/mol. The highest BCUT2D eigenvalue weighted by Crippen LogP contribution is 2.50. The Morgan fingerprint density at radius 2 is 2.13 bits per heavy atom. The molecule has 2 heteroatoms. The molecule has 1 aromatic rings. The average Bonchev–Trinajstić information content (AvgIpc) is 2.14. The van der Waals surface area contributed by atoms with E-state index >= 15 is 0 Å². The molecule has 0 aromatic heterocycles. The minimum atomic E-state index is 0.475. The van der Waals surface area contributed by atoms with Crippen molar-refractivity contribution in [2.75, 3.05) is 13.6 Å². The monoisotopic (exact) mass is 265 g/mol. The van der Waals surface area contributed by atoms with Gasteiger partial charge in [0.2, 0.25) is 0 Å². The summed E-state index contributed by atoms with van der Waals surface area (Å²) >= 11 is 3.73. The van der Waals surface area contributed by atoms with Crippen LogP contribution in [0.3, 0.4) is 0 Å². The summed E-state index contributed by atoms with van der Waals surface area (Å²) in [6, 6.07) is 6.65. The smallest absolute Gasteiger partial charge is 0.0234 e. The Morgan fingerprint density at radius 1 is 1.33 bits per heavy atom. The van der Waals surface area contributed by atoms with Crippen LogP contribution in [0.5, 0.6) is 0 Å². The van der Waals surface area contributed by atoms with Gasteiger partial charge in [-0.15, -0.1) is 0 Å². The van der Waals surface area contributed by atoms with Crippen LogP contribution in [0.1, 0.15) is 30.4 Å². The van der Waals surface area contributed by atoms with E-state index in [0.29, 0.717) is 5.41 Å². The minimum Gasteiger partial charge on any atom is -0.301 e. The second-order valence-electron chi connectivity index (χ2n) is 5.08. The maximum atomic E-state index is 3.73. The zero-order chi connectivity index (χ0) is 10.5. The first-order chi connectivity index (χ1) is 7.21. The van der Waals surface area contributed by atoms with Crippen LogP contribution in [-0.2, 0) is 12.0 Å². The molecule has 3 rings (SSSR count). The lowest BCUT2D eigenvalue weighted by atomic mass is 9.61. The van der Waals surface area contributed by atoms with Crippen LogP contribution in [0.2, 0.25) is 0 Å². The van der Waals surface area contributed by atoms with Crippen molar-refractivity contribution in [2.45, 2.75) is 31.2 Å². The molecule has 0 bridgehead atoms. The Kier molecular flexibility index (Phi) is 2.18. The van der Waals surface area contributed by atoms with E-state index < -0.39 is 0 Å². The number of hydrogen-bond acceptors (Lipinski definition) is 1. The van der Waals surface area contributed by atoms with Gasteiger partial charge in [-0.25, -0.2) is 0 Å². The lowest BCUT2D eigenvalue weighted by molar-refractivity contribution is 0.134. The Morgan fingerprint density at radius 3 is 2.80 bits per heavy atom. The second-order valence-corrected chi connectivity index (χ2v) is 5.93. The fourth-order valence-corrected chi connectivity index (χ4v) is 4.08. The summed E-state index contributed by atoms with van der Waals surface area (Å²) < 4.78 is 1.33. The van der Waals surface area contributed by atoms with Crippen molar-refractivity contribution in [2.24, 2.45) is 0 Å². The van der Waals surface area contributed by atoms with Crippen molar-refractivity contribution in [3.63, 3.8) is 0 Å². The highest BCUT2D eigenvalue weighted by atomic mass is 79.9. The highest BCUT2D eigenvalue weighted by Gasteiger charge is 2.44. The molecule has 1 aromatic carbocycles. The number of hydrogen-bond donors (Lipinski definition) is 0. The second kappa shape index (κ2) is 3.33. The van der Waals surface area contributed by atoms with E-state index in [2.05, 4.69) is 46.1 Å². The molecule has 1 spiro atoms. The van der Waals surface area contributed by atoms with Gasteiger partial charge in [-0.1, -0.05) is 34.5 Å². The SMILES string of the molecule is CN1Cc2cccc(Br)c2C2(CCC2)C1. The summed E-state index contributed by atoms with van der Waals surface area (Å²) in [4.78, 5) is 2.47. The van der Waals surface area contributed by atoms with E-state index in [-0.39, 0.29) is 0 Å². The van der Waals surface area contributed by atoms with Gasteiger partial charge in [-0.2, -0.15) is 0 Å². The van der Waals surface area contributed by atoms with Crippen molar-refractivity contribution < 1.29 is 0 Å². The lowest BCUT2D eigenvalue weighted by Gasteiger charge is -2.49. The number of halogens is 1. The Hall–Kier alpha value is -0.340. The first-order valence-electron chi connectivity index (χ1n) is 5.68. The van der Waals surface area contributed by atoms with E-state index in [4.69, 9.17) is 0 Å². The summed E-state index contributed by atoms with van der Waals surface area (Å²) in [6.07, 6.45) is 4.13. The summed E-state index contributed by atoms with van der Waals surface area (Å²) in [5, 5.41) is 0. The molecule has 1 fully saturated rings. The molecule has 0 amide bonds. The van der Waals surface area contributed by atoms with Gasteiger partial charge in [0.1, 0.15) is 0 Å². The van der Waals surface area contributed by atoms with Gasteiger partial charge in [0, 0.05) is 23.0 Å². The molecule has 1 aliphatic carbocycles. The van der Waals surface area contributed by atoms with Crippen molar-refractivity contribution in [3.8, 4) is 0 Å². The zero-order valence-corrected chi connectivity index (χ0v) is 10.7. The first-order valence-corrected chi connectivity index (χ1v) is 6.47. The molecule has 1 aliphatic heterocycles. The van der Waals surface area contributed by atoms with E-state index in [1.807, 2.05) is 0 Å². The van der Waals surface area contributed by atoms with E-state index in [1.165, 1.54) is 35.8 Å². The third-order valence-corrected chi connectivity index (χ3v) is 4.61. The fourth-order valence-electron chi connectivity index (χ4n) is 3.25. The standard InChI is InChI=1S/C13H16BrN/c1-15-8-10-4-2-5-11(14)12(10)13(9-15)6-3-7-13/h2,4-5H,3,6-9H2,1H3. The normalized spacial score (nSPS) is 23.6. The van der Waals surface area contributed by atoms with Crippen LogP contribution < -0.4 is 0 Å². The number of nitrogens with zero attached hydrogens (tertiary/aromatic N) is 1. The third-order valence-electron chi connectivity index (χ3n) is 3.95. The largest absolute Gasteiger partial charge is 0.301 e. The molecule has 15 heavy (non-hydrogen) atoms. The zero-order valence-electron chi connectivity index (χ0n) is 9.09. The molecule has 0 saturated heterocycles. The molecule has 80 valence electrons. The molecule has 1 saturated carbocycles. The summed E-state index contributed by atoms with van der Waals surface area (Å²) in [6.45, 7) is 2.35.